The second-order valence-electron chi connectivity index (χ2n) is 4.94. The van der Waals surface area contributed by atoms with Crippen LogP contribution in [0, 0.1) is 0 Å². The first-order valence-corrected chi connectivity index (χ1v) is 6.64. The fourth-order valence-electron chi connectivity index (χ4n) is 2.31. The molecule has 2 aromatic rings. The van der Waals surface area contributed by atoms with E-state index < -0.39 is 23.8 Å². The lowest BCUT2D eigenvalue weighted by Gasteiger charge is -2.26. The Kier molecular flexibility index (Phi) is 4.95. The number of carboxylic acid groups (broad SMARTS) is 1. The van der Waals surface area contributed by atoms with Crippen molar-refractivity contribution in [2.45, 2.75) is 18.8 Å². The highest BCUT2D eigenvalue weighted by Gasteiger charge is 2.38. The molecule has 1 N–H and O–H groups in total. The lowest BCUT2D eigenvalue weighted by Crippen LogP contribution is -2.32. The maximum absolute atomic E-state index is 13.1. The molecule has 1 heterocycles. The van der Waals surface area contributed by atoms with E-state index in [1.807, 2.05) is 0 Å². The van der Waals surface area contributed by atoms with Gasteiger partial charge in [0, 0.05) is 25.1 Å². The van der Waals surface area contributed by atoms with E-state index in [4.69, 9.17) is 0 Å². The molecule has 2 rings (SSSR count). The van der Waals surface area contributed by atoms with Gasteiger partial charge in [0.15, 0.2) is 0 Å². The van der Waals surface area contributed by atoms with Crippen LogP contribution in [0.4, 0.5) is 13.2 Å². The third-order valence-corrected chi connectivity index (χ3v) is 3.26. The fourth-order valence-corrected chi connectivity index (χ4v) is 2.31. The average molecular weight is 325 g/mol. The van der Waals surface area contributed by atoms with Gasteiger partial charge in [-0.25, -0.2) is 0 Å². The molecule has 0 spiro atoms. The molecule has 0 aliphatic heterocycles. The lowest BCUT2D eigenvalue weighted by molar-refractivity contribution is -0.145. The van der Waals surface area contributed by atoms with Gasteiger partial charge in [-0.2, -0.15) is 13.2 Å². The summed E-state index contributed by atoms with van der Waals surface area (Å²) < 4.78 is 39.4. The van der Waals surface area contributed by atoms with Crippen LogP contribution >= 0.6 is 0 Å². The van der Waals surface area contributed by atoms with Gasteiger partial charge in [-0.1, -0.05) is 18.2 Å². The zero-order valence-corrected chi connectivity index (χ0v) is 12.2. The molecule has 0 saturated heterocycles. The number of alkyl halides is 3. The van der Waals surface area contributed by atoms with Gasteiger partial charge in [0.1, 0.15) is 6.04 Å². The van der Waals surface area contributed by atoms with Crippen LogP contribution in [-0.2, 0) is 17.5 Å². The summed E-state index contributed by atoms with van der Waals surface area (Å²) in [5.74, 6) is -1.37. The Labute approximate surface area is 130 Å². The quantitative estimate of drug-likeness (QED) is 0.915. The minimum Gasteiger partial charge on any atom is -0.480 e. The van der Waals surface area contributed by atoms with Gasteiger partial charge in [-0.3, -0.25) is 19.7 Å². The molecule has 0 fully saturated rings. The van der Waals surface area contributed by atoms with E-state index >= 15 is 0 Å². The first-order valence-electron chi connectivity index (χ1n) is 6.64. The molecule has 0 saturated carbocycles. The van der Waals surface area contributed by atoms with Crippen molar-refractivity contribution in [1.82, 2.24) is 14.9 Å². The topological polar surface area (TPSA) is 66.3 Å². The first-order chi connectivity index (χ1) is 10.8. The molecule has 1 unspecified atom stereocenters. The van der Waals surface area contributed by atoms with E-state index in [1.54, 1.807) is 0 Å². The van der Waals surface area contributed by atoms with Crippen LogP contribution in [0.15, 0.2) is 42.9 Å². The van der Waals surface area contributed by atoms with Gasteiger partial charge < -0.3 is 5.11 Å². The normalized spacial score (nSPS) is 13.1. The summed E-state index contributed by atoms with van der Waals surface area (Å²) in [4.78, 5) is 20.7. The smallest absolute Gasteiger partial charge is 0.416 e. The van der Waals surface area contributed by atoms with Gasteiger partial charge in [0.2, 0.25) is 0 Å². The number of nitrogens with zero attached hydrogens (tertiary/aromatic N) is 3. The van der Waals surface area contributed by atoms with Crippen molar-refractivity contribution in [1.29, 1.82) is 0 Å². The molecule has 122 valence electrons. The first kappa shape index (κ1) is 16.9. The van der Waals surface area contributed by atoms with Crippen LogP contribution in [0.25, 0.3) is 0 Å². The molecular formula is C15H14F3N3O2. The standard InChI is InChI=1S/C15H14F3N3O2/c1-21(9-10-8-19-6-7-20-10)13(14(22)23)11-4-2-3-5-12(11)15(16,17)18/h2-8,13H,9H2,1H3,(H,22,23). The zero-order chi connectivity index (χ0) is 17.0. The van der Waals surface area contributed by atoms with Gasteiger partial charge >= 0.3 is 12.1 Å². The number of likely N-dealkylation sites (N-methyl/N-ethyl adjacent to an activating group) is 1. The molecule has 1 atom stereocenters. The summed E-state index contributed by atoms with van der Waals surface area (Å²) in [6.07, 6.45) is -0.303. The number of aliphatic carboxylic acids is 1. The van der Waals surface area contributed by atoms with E-state index in [2.05, 4.69) is 9.97 Å². The third-order valence-electron chi connectivity index (χ3n) is 3.26. The number of carboxylic acids is 1. The highest BCUT2D eigenvalue weighted by atomic mass is 19.4. The number of rotatable bonds is 5. The fraction of sp³-hybridized carbons (Fsp3) is 0.267. The van der Waals surface area contributed by atoms with Crippen LogP contribution < -0.4 is 0 Å². The third kappa shape index (κ3) is 4.04. The van der Waals surface area contributed by atoms with Gasteiger partial charge in [-0.15, -0.1) is 0 Å². The second kappa shape index (κ2) is 6.74. The van der Waals surface area contributed by atoms with Gasteiger partial charge in [0.25, 0.3) is 0 Å². The van der Waals surface area contributed by atoms with Crippen LogP contribution in [0.1, 0.15) is 22.9 Å². The SMILES string of the molecule is CN(Cc1cnccn1)C(C(=O)O)c1ccccc1C(F)(F)F. The van der Waals surface area contributed by atoms with Crippen LogP contribution in [0.5, 0.6) is 0 Å². The Balaban J connectivity index is 2.38. The number of hydrogen-bond acceptors (Lipinski definition) is 4. The van der Waals surface area contributed by atoms with Crippen molar-refractivity contribution in [3.05, 3.63) is 59.7 Å². The monoisotopic (exact) mass is 325 g/mol. The molecule has 0 bridgehead atoms. The Morgan fingerprint density at radius 2 is 2.00 bits per heavy atom. The molecule has 5 nitrogen and oxygen atoms in total. The summed E-state index contributed by atoms with van der Waals surface area (Å²) >= 11 is 0. The van der Waals surface area contributed by atoms with E-state index in [0.717, 1.165) is 6.07 Å². The number of aromatic nitrogens is 2. The minimum atomic E-state index is -4.63. The van der Waals surface area contributed by atoms with Crippen molar-refractivity contribution in [3.8, 4) is 0 Å². The molecule has 0 radical (unpaired) electrons. The van der Waals surface area contributed by atoms with Crippen molar-refractivity contribution in [3.63, 3.8) is 0 Å². The Bertz CT molecular complexity index is 677. The maximum atomic E-state index is 13.1. The molecule has 1 aromatic heterocycles. The molecule has 23 heavy (non-hydrogen) atoms. The largest absolute Gasteiger partial charge is 0.480 e. The van der Waals surface area contributed by atoms with Crippen LogP contribution in [0.2, 0.25) is 0 Å². The van der Waals surface area contributed by atoms with Gasteiger partial charge in [0.05, 0.1) is 11.3 Å². The Hall–Kier alpha value is -2.48. The Morgan fingerprint density at radius 1 is 1.30 bits per heavy atom. The second-order valence-corrected chi connectivity index (χ2v) is 4.94. The molecule has 0 amide bonds. The van der Waals surface area contributed by atoms with Crippen molar-refractivity contribution >= 4 is 5.97 Å². The predicted octanol–water partition coefficient (Wildman–Crippen LogP) is 2.75. The van der Waals surface area contributed by atoms with E-state index in [-0.39, 0.29) is 12.1 Å². The van der Waals surface area contributed by atoms with Crippen molar-refractivity contribution in [2.24, 2.45) is 0 Å². The zero-order valence-electron chi connectivity index (χ0n) is 12.2. The van der Waals surface area contributed by atoms with E-state index in [1.165, 1.54) is 48.7 Å². The highest BCUT2D eigenvalue weighted by Crippen LogP contribution is 2.36. The van der Waals surface area contributed by atoms with E-state index in [0.29, 0.717) is 5.69 Å². The predicted molar refractivity (Wildman–Crippen MR) is 75.3 cm³/mol. The Morgan fingerprint density at radius 3 is 2.57 bits per heavy atom. The summed E-state index contributed by atoms with van der Waals surface area (Å²) in [7, 11) is 1.43. The number of benzene rings is 1. The average Bonchev–Trinajstić information content (AvgIpc) is 2.47. The highest BCUT2D eigenvalue weighted by molar-refractivity contribution is 5.76. The summed E-state index contributed by atoms with van der Waals surface area (Å²) in [5.41, 5.74) is -0.803. The minimum absolute atomic E-state index is 0.0526. The molecule has 0 aliphatic carbocycles. The van der Waals surface area contributed by atoms with Gasteiger partial charge in [-0.05, 0) is 18.7 Å². The summed E-state index contributed by atoms with van der Waals surface area (Å²) in [6, 6.07) is 3.22. The summed E-state index contributed by atoms with van der Waals surface area (Å²) in [5, 5.41) is 9.42. The number of carbonyl (C=O) groups is 1. The van der Waals surface area contributed by atoms with Crippen LogP contribution in [0.3, 0.4) is 0 Å². The van der Waals surface area contributed by atoms with Crippen molar-refractivity contribution in [2.75, 3.05) is 7.05 Å². The van der Waals surface area contributed by atoms with E-state index in [9.17, 15) is 23.1 Å². The lowest BCUT2D eigenvalue weighted by atomic mass is 9.98. The number of halogens is 3. The summed E-state index contributed by atoms with van der Waals surface area (Å²) in [6.45, 7) is 0.0526. The molecular weight excluding hydrogens is 311 g/mol. The molecule has 0 aliphatic rings. The molecule has 1 aromatic carbocycles. The maximum Gasteiger partial charge on any atom is 0.416 e. The van der Waals surface area contributed by atoms with Crippen LogP contribution in [-0.4, -0.2) is 33.0 Å². The number of hydrogen-bond donors (Lipinski definition) is 1. The molecule has 8 heteroatoms. The van der Waals surface area contributed by atoms with Crippen molar-refractivity contribution < 1.29 is 23.1 Å².